The van der Waals surface area contributed by atoms with Crippen LogP contribution < -0.4 is 5.32 Å². The molecule has 2 rings (SSSR count). The van der Waals surface area contributed by atoms with Crippen molar-refractivity contribution in [1.29, 1.82) is 0 Å². The fraction of sp³-hybridized carbons (Fsp3) is 0.643. The van der Waals surface area contributed by atoms with E-state index in [9.17, 15) is 9.59 Å². The highest BCUT2D eigenvalue weighted by Gasteiger charge is 2.18. The van der Waals surface area contributed by atoms with E-state index in [0.717, 1.165) is 36.6 Å². The van der Waals surface area contributed by atoms with E-state index < -0.39 is 0 Å². The second-order valence-electron chi connectivity index (χ2n) is 5.37. The van der Waals surface area contributed by atoms with Crippen molar-refractivity contribution in [2.24, 2.45) is 0 Å². The summed E-state index contributed by atoms with van der Waals surface area (Å²) in [5, 5.41) is 5.64. The van der Waals surface area contributed by atoms with Crippen LogP contribution in [0.3, 0.4) is 0 Å². The molecule has 20 heavy (non-hydrogen) atoms. The molecule has 0 unspecified atom stereocenters. The van der Waals surface area contributed by atoms with Gasteiger partial charge >= 0.3 is 0 Å². The Morgan fingerprint density at radius 3 is 2.70 bits per heavy atom. The van der Waals surface area contributed by atoms with Crippen LogP contribution in [0.4, 0.5) is 0 Å². The van der Waals surface area contributed by atoms with Gasteiger partial charge in [-0.1, -0.05) is 13.8 Å². The number of likely N-dealkylation sites (tertiary alicyclic amines) is 1. The summed E-state index contributed by atoms with van der Waals surface area (Å²) in [6.45, 7) is 5.89. The molecule has 6 heteroatoms. The number of carbonyl (C=O) groups is 2. The van der Waals surface area contributed by atoms with Gasteiger partial charge in [0.2, 0.25) is 11.8 Å². The topological polar surface area (TPSA) is 62.3 Å². The van der Waals surface area contributed by atoms with Crippen molar-refractivity contribution in [2.75, 3.05) is 19.6 Å². The van der Waals surface area contributed by atoms with Crippen LogP contribution in [-0.4, -0.2) is 41.3 Å². The van der Waals surface area contributed by atoms with Gasteiger partial charge in [-0.3, -0.25) is 9.59 Å². The first-order chi connectivity index (χ1) is 9.56. The molecule has 0 radical (unpaired) electrons. The van der Waals surface area contributed by atoms with E-state index in [1.165, 1.54) is 0 Å². The third-order valence-corrected chi connectivity index (χ3v) is 4.49. The molecule has 1 N–H and O–H groups in total. The first kappa shape index (κ1) is 15.0. The fourth-order valence-electron chi connectivity index (χ4n) is 2.15. The zero-order chi connectivity index (χ0) is 14.5. The summed E-state index contributed by atoms with van der Waals surface area (Å²) in [5.74, 6) is 0.253. The van der Waals surface area contributed by atoms with Crippen molar-refractivity contribution in [1.82, 2.24) is 15.2 Å². The molecule has 5 nitrogen and oxygen atoms in total. The molecule has 110 valence electrons. The monoisotopic (exact) mass is 295 g/mol. The molecule has 1 aliphatic heterocycles. The highest BCUT2D eigenvalue weighted by Crippen LogP contribution is 2.19. The van der Waals surface area contributed by atoms with Crippen molar-refractivity contribution in [3.63, 3.8) is 0 Å². The molecular weight excluding hydrogens is 274 g/mol. The predicted octanol–water partition coefficient (Wildman–Crippen LogP) is 1.55. The maximum Gasteiger partial charge on any atom is 0.241 e. The van der Waals surface area contributed by atoms with Crippen LogP contribution in [0.2, 0.25) is 0 Å². The molecule has 0 aliphatic carbocycles. The Hall–Kier alpha value is -1.43. The SMILES string of the molecule is CC(C)c1nc(CC(=O)NCC(=O)N2CCCC2)cs1. The van der Waals surface area contributed by atoms with Gasteiger partial charge in [0.25, 0.3) is 0 Å². The molecule has 0 bridgehead atoms. The highest BCUT2D eigenvalue weighted by molar-refractivity contribution is 7.09. The maximum absolute atomic E-state index is 11.8. The number of carbonyl (C=O) groups excluding carboxylic acids is 2. The summed E-state index contributed by atoms with van der Waals surface area (Å²) in [6, 6.07) is 0. The maximum atomic E-state index is 11.8. The van der Waals surface area contributed by atoms with E-state index in [-0.39, 0.29) is 24.8 Å². The fourth-order valence-corrected chi connectivity index (χ4v) is 2.98. The molecule has 1 aliphatic rings. The third kappa shape index (κ3) is 4.03. The number of hydrogen-bond acceptors (Lipinski definition) is 4. The largest absolute Gasteiger partial charge is 0.347 e. The summed E-state index contributed by atoms with van der Waals surface area (Å²) in [6.07, 6.45) is 2.38. The lowest BCUT2D eigenvalue weighted by Gasteiger charge is -2.15. The van der Waals surface area contributed by atoms with Gasteiger partial charge in [-0.05, 0) is 12.8 Å². The Bertz CT molecular complexity index is 479. The van der Waals surface area contributed by atoms with Gasteiger partial charge in [0.1, 0.15) is 0 Å². The lowest BCUT2D eigenvalue weighted by atomic mass is 10.2. The van der Waals surface area contributed by atoms with Gasteiger partial charge < -0.3 is 10.2 Å². The van der Waals surface area contributed by atoms with Crippen molar-refractivity contribution in [3.8, 4) is 0 Å². The van der Waals surface area contributed by atoms with Crippen molar-refractivity contribution < 1.29 is 9.59 Å². The first-order valence-electron chi connectivity index (χ1n) is 7.05. The molecule has 1 fully saturated rings. The summed E-state index contributed by atoms with van der Waals surface area (Å²) >= 11 is 1.58. The van der Waals surface area contributed by atoms with Crippen LogP contribution in [0, 0.1) is 0 Å². The Kier molecular flexibility index (Phi) is 5.11. The van der Waals surface area contributed by atoms with Gasteiger partial charge in [-0.2, -0.15) is 0 Å². The van der Waals surface area contributed by atoms with Crippen LogP contribution in [0.1, 0.15) is 43.3 Å². The zero-order valence-electron chi connectivity index (χ0n) is 12.0. The molecule has 1 aromatic rings. The van der Waals surface area contributed by atoms with Crippen LogP contribution in [0.15, 0.2) is 5.38 Å². The summed E-state index contributed by atoms with van der Waals surface area (Å²) in [7, 11) is 0. The van der Waals surface area contributed by atoms with Gasteiger partial charge in [0.15, 0.2) is 0 Å². The first-order valence-corrected chi connectivity index (χ1v) is 7.93. The van der Waals surface area contributed by atoms with E-state index in [1.807, 2.05) is 5.38 Å². The van der Waals surface area contributed by atoms with E-state index >= 15 is 0 Å². The Morgan fingerprint density at radius 1 is 1.40 bits per heavy atom. The third-order valence-electron chi connectivity index (χ3n) is 3.30. The van der Waals surface area contributed by atoms with Crippen molar-refractivity contribution >= 4 is 23.2 Å². The van der Waals surface area contributed by atoms with E-state index in [1.54, 1.807) is 16.2 Å². The molecule has 0 spiro atoms. The lowest BCUT2D eigenvalue weighted by molar-refractivity contribution is -0.131. The summed E-state index contributed by atoms with van der Waals surface area (Å²) < 4.78 is 0. The standard InChI is InChI=1S/C14H21N3O2S/c1-10(2)14-16-11(9-20-14)7-12(18)15-8-13(19)17-5-3-4-6-17/h9-10H,3-8H2,1-2H3,(H,15,18). The second kappa shape index (κ2) is 6.83. The highest BCUT2D eigenvalue weighted by atomic mass is 32.1. The van der Waals surface area contributed by atoms with Gasteiger partial charge in [-0.15, -0.1) is 11.3 Å². The minimum absolute atomic E-state index is 0.0111. The van der Waals surface area contributed by atoms with Gasteiger partial charge in [-0.25, -0.2) is 4.98 Å². The van der Waals surface area contributed by atoms with Crippen LogP contribution in [-0.2, 0) is 16.0 Å². The number of amides is 2. The summed E-state index contributed by atoms with van der Waals surface area (Å²) in [5.41, 5.74) is 0.782. The molecule has 0 aromatic carbocycles. The number of hydrogen-bond donors (Lipinski definition) is 1. The predicted molar refractivity (Wildman–Crippen MR) is 78.7 cm³/mol. The minimum atomic E-state index is -0.141. The van der Waals surface area contributed by atoms with E-state index in [4.69, 9.17) is 0 Å². The van der Waals surface area contributed by atoms with Crippen LogP contribution in [0.25, 0.3) is 0 Å². The molecular formula is C14H21N3O2S. The Balaban J connectivity index is 1.75. The normalized spacial score (nSPS) is 14.8. The molecule has 0 saturated carbocycles. The van der Waals surface area contributed by atoms with Crippen molar-refractivity contribution in [2.45, 2.75) is 39.0 Å². The molecule has 0 atom stereocenters. The van der Waals surface area contributed by atoms with E-state index in [2.05, 4.69) is 24.1 Å². The number of rotatable bonds is 5. The molecule has 1 aromatic heterocycles. The summed E-state index contributed by atoms with van der Waals surface area (Å²) in [4.78, 5) is 29.8. The van der Waals surface area contributed by atoms with Crippen molar-refractivity contribution in [3.05, 3.63) is 16.1 Å². The lowest BCUT2D eigenvalue weighted by Crippen LogP contribution is -2.39. The number of thiazole rings is 1. The average molecular weight is 295 g/mol. The average Bonchev–Trinajstić information content (AvgIpc) is 3.06. The molecule has 1 saturated heterocycles. The molecule has 2 heterocycles. The van der Waals surface area contributed by atoms with Crippen LogP contribution >= 0.6 is 11.3 Å². The number of nitrogens with zero attached hydrogens (tertiary/aromatic N) is 2. The minimum Gasteiger partial charge on any atom is -0.347 e. The second-order valence-corrected chi connectivity index (χ2v) is 6.26. The number of nitrogens with one attached hydrogen (secondary N) is 1. The van der Waals surface area contributed by atoms with Gasteiger partial charge in [0, 0.05) is 24.4 Å². The quantitative estimate of drug-likeness (QED) is 0.896. The Morgan fingerprint density at radius 2 is 2.10 bits per heavy atom. The van der Waals surface area contributed by atoms with E-state index in [0.29, 0.717) is 5.92 Å². The Labute approximate surface area is 123 Å². The van der Waals surface area contributed by atoms with Crippen LogP contribution in [0.5, 0.6) is 0 Å². The zero-order valence-corrected chi connectivity index (χ0v) is 12.8. The molecule has 2 amide bonds. The van der Waals surface area contributed by atoms with Gasteiger partial charge in [0.05, 0.1) is 23.7 Å². The smallest absolute Gasteiger partial charge is 0.241 e. The number of aromatic nitrogens is 1.